The Morgan fingerprint density at radius 1 is 1.46 bits per heavy atom. The average molecular weight is 356 g/mol. The lowest BCUT2D eigenvalue weighted by Crippen LogP contribution is -2.24. The van der Waals surface area contributed by atoms with Crippen LogP contribution in [-0.4, -0.2) is 64.6 Å². The first kappa shape index (κ1) is 17.9. The number of nitrogens with zero attached hydrogens (tertiary/aromatic N) is 4. The lowest BCUT2D eigenvalue weighted by molar-refractivity contribution is -0.383. The normalized spacial score (nSPS) is 10.8. The van der Waals surface area contributed by atoms with E-state index in [-0.39, 0.29) is 41.7 Å². The molecular weight excluding hydrogens is 340 g/mol. The number of rotatable bonds is 9. The van der Waals surface area contributed by atoms with Crippen LogP contribution in [0.2, 0.25) is 0 Å². The molecule has 130 valence electrons. The van der Waals surface area contributed by atoms with Gasteiger partial charge < -0.3 is 14.7 Å². The molecule has 1 heterocycles. The number of nitro benzene ring substituents is 1. The Morgan fingerprint density at radius 2 is 2.21 bits per heavy atom. The second-order valence-corrected chi connectivity index (χ2v) is 5.85. The molecule has 11 heteroatoms. The molecule has 2 rings (SSSR count). The molecule has 0 aliphatic carbocycles. The predicted molar refractivity (Wildman–Crippen MR) is 87.1 cm³/mol. The van der Waals surface area contributed by atoms with Gasteiger partial charge in [0.1, 0.15) is 6.61 Å². The monoisotopic (exact) mass is 356 g/mol. The largest absolute Gasteiger partial charge is 0.463 e. The Balaban J connectivity index is 1.96. The molecule has 24 heavy (non-hydrogen) atoms. The first-order valence-electron chi connectivity index (χ1n) is 6.99. The van der Waals surface area contributed by atoms with Crippen LogP contribution in [-0.2, 0) is 9.53 Å². The van der Waals surface area contributed by atoms with E-state index in [1.807, 2.05) is 0 Å². The van der Waals surface area contributed by atoms with E-state index in [1.54, 1.807) is 18.0 Å². The number of anilines is 1. The van der Waals surface area contributed by atoms with Gasteiger partial charge in [-0.3, -0.25) is 14.9 Å². The summed E-state index contributed by atoms with van der Waals surface area (Å²) in [5, 5.41) is 26.9. The molecule has 1 aromatic carbocycles. The molecule has 1 aromatic heterocycles. The van der Waals surface area contributed by atoms with Gasteiger partial charge in [-0.15, -0.1) is 11.8 Å². The molecule has 0 atom stereocenters. The van der Waals surface area contributed by atoms with Crippen LogP contribution in [0.25, 0.3) is 11.0 Å². The van der Waals surface area contributed by atoms with E-state index < -0.39 is 4.92 Å². The molecule has 0 fully saturated rings. The quantitative estimate of drug-likeness (QED) is 0.298. The second-order valence-electron chi connectivity index (χ2n) is 4.74. The predicted octanol–water partition coefficient (Wildman–Crippen LogP) is 0.836. The van der Waals surface area contributed by atoms with Crippen LogP contribution in [0.1, 0.15) is 0 Å². The number of hydrogen-bond acceptors (Lipinski definition) is 10. The third-order valence-electron chi connectivity index (χ3n) is 3.13. The van der Waals surface area contributed by atoms with Crippen molar-refractivity contribution in [3.63, 3.8) is 0 Å². The zero-order valence-electron chi connectivity index (χ0n) is 12.9. The minimum absolute atomic E-state index is 0.0164. The third kappa shape index (κ3) is 4.32. The highest BCUT2D eigenvalue weighted by Gasteiger charge is 2.21. The topological polar surface area (TPSA) is 132 Å². The summed E-state index contributed by atoms with van der Waals surface area (Å²) in [6.45, 7) is 0.539. The summed E-state index contributed by atoms with van der Waals surface area (Å²) in [4.78, 5) is 23.6. The summed E-state index contributed by atoms with van der Waals surface area (Å²) < 4.78 is 9.69. The average Bonchev–Trinajstić information content (AvgIpc) is 3.03. The van der Waals surface area contributed by atoms with Crippen molar-refractivity contribution < 1.29 is 24.2 Å². The summed E-state index contributed by atoms with van der Waals surface area (Å²) in [6.07, 6.45) is 0. The molecule has 0 spiro atoms. The van der Waals surface area contributed by atoms with E-state index >= 15 is 0 Å². The molecule has 0 saturated carbocycles. The van der Waals surface area contributed by atoms with Crippen LogP contribution in [0.3, 0.4) is 0 Å². The summed E-state index contributed by atoms with van der Waals surface area (Å²) in [5.41, 5.74) is 0.747. The highest BCUT2D eigenvalue weighted by molar-refractivity contribution is 7.99. The second kappa shape index (κ2) is 8.45. The maximum absolute atomic E-state index is 11.5. The minimum atomic E-state index is -0.553. The van der Waals surface area contributed by atoms with Gasteiger partial charge in [0.25, 0.3) is 0 Å². The number of non-ortho nitro benzene ring substituents is 1. The number of thioether (sulfide) groups is 1. The molecule has 0 unspecified atom stereocenters. The Hall–Kier alpha value is -2.40. The van der Waals surface area contributed by atoms with E-state index in [4.69, 9.17) is 9.84 Å². The van der Waals surface area contributed by atoms with Crippen molar-refractivity contribution in [1.29, 1.82) is 0 Å². The van der Waals surface area contributed by atoms with Crippen molar-refractivity contribution >= 4 is 40.1 Å². The van der Waals surface area contributed by atoms with Crippen molar-refractivity contribution in [2.24, 2.45) is 0 Å². The Labute approximate surface area is 140 Å². The third-order valence-corrected chi connectivity index (χ3v) is 4.04. The van der Waals surface area contributed by atoms with Gasteiger partial charge in [0.05, 0.1) is 29.5 Å². The van der Waals surface area contributed by atoms with Crippen LogP contribution in [0.5, 0.6) is 0 Å². The van der Waals surface area contributed by atoms with E-state index in [0.29, 0.717) is 18.0 Å². The summed E-state index contributed by atoms with van der Waals surface area (Å²) in [7, 11) is 1.74. The zero-order valence-corrected chi connectivity index (χ0v) is 13.7. The number of carbonyl (C=O) groups excluding carboxylic acids is 1. The lowest BCUT2D eigenvalue weighted by Gasteiger charge is -2.18. The Bertz CT molecular complexity index is 722. The van der Waals surface area contributed by atoms with E-state index in [9.17, 15) is 14.9 Å². The number of benzene rings is 1. The van der Waals surface area contributed by atoms with E-state index in [0.717, 1.165) is 0 Å². The fourth-order valence-electron chi connectivity index (χ4n) is 1.97. The summed E-state index contributed by atoms with van der Waals surface area (Å²) >= 11 is 1.29. The molecule has 10 nitrogen and oxygen atoms in total. The van der Waals surface area contributed by atoms with Gasteiger partial charge >= 0.3 is 11.7 Å². The fraction of sp³-hybridized carbons (Fsp3) is 0.462. The lowest BCUT2D eigenvalue weighted by atomic mass is 10.2. The number of nitro groups is 1. The standard InChI is InChI=1S/C13H16N4O6S/c1-16(4-6-22-11(19)8-24-7-5-18)9-2-3-10(17(20)21)13-12(9)14-23-15-13/h2-3,18H,4-8H2,1H3. The van der Waals surface area contributed by atoms with E-state index in [1.165, 1.54) is 17.8 Å². The maximum atomic E-state index is 11.5. The van der Waals surface area contributed by atoms with Crippen molar-refractivity contribution in [2.45, 2.75) is 0 Å². The van der Waals surface area contributed by atoms with Crippen LogP contribution in [0, 0.1) is 10.1 Å². The maximum Gasteiger partial charge on any atom is 0.315 e. The molecule has 1 N–H and O–H groups in total. The van der Waals surface area contributed by atoms with Gasteiger partial charge in [-0.2, -0.15) is 0 Å². The highest BCUT2D eigenvalue weighted by atomic mass is 32.2. The molecule has 0 saturated heterocycles. The van der Waals surface area contributed by atoms with Gasteiger partial charge in [-0.25, -0.2) is 4.63 Å². The van der Waals surface area contributed by atoms with Crippen molar-refractivity contribution in [1.82, 2.24) is 10.3 Å². The van der Waals surface area contributed by atoms with Crippen LogP contribution in [0.4, 0.5) is 11.4 Å². The number of aromatic nitrogens is 2. The van der Waals surface area contributed by atoms with Crippen molar-refractivity contribution in [3.05, 3.63) is 22.2 Å². The minimum Gasteiger partial charge on any atom is -0.463 e. The number of ether oxygens (including phenoxy) is 1. The number of aliphatic hydroxyl groups is 1. The first-order valence-corrected chi connectivity index (χ1v) is 8.15. The molecule has 0 bridgehead atoms. The van der Waals surface area contributed by atoms with Crippen molar-refractivity contribution in [2.75, 3.05) is 43.2 Å². The Morgan fingerprint density at radius 3 is 2.92 bits per heavy atom. The number of hydrogen-bond donors (Lipinski definition) is 1. The molecular formula is C13H16N4O6S. The molecule has 0 aliphatic heterocycles. The Kier molecular flexibility index (Phi) is 6.32. The summed E-state index contributed by atoms with van der Waals surface area (Å²) in [6, 6.07) is 2.87. The van der Waals surface area contributed by atoms with E-state index in [2.05, 4.69) is 14.9 Å². The molecule has 2 aromatic rings. The number of likely N-dealkylation sites (N-methyl/N-ethyl adjacent to an activating group) is 1. The molecule has 0 aliphatic rings. The van der Waals surface area contributed by atoms with Crippen molar-refractivity contribution in [3.8, 4) is 0 Å². The number of aliphatic hydroxyl groups excluding tert-OH is 1. The highest BCUT2D eigenvalue weighted by Crippen LogP contribution is 2.30. The van der Waals surface area contributed by atoms with Gasteiger partial charge in [-0.1, -0.05) is 0 Å². The first-order chi connectivity index (χ1) is 11.5. The summed E-state index contributed by atoms with van der Waals surface area (Å²) in [5.74, 6) is 0.299. The van der Waals surface area contributed by atoms with Crippen LogP contribution in [0.15, 0.2) is 16.8 Å². The number of carbonyl (C=O) groups is 1. The number of fused-ring (bicyclic) bond motifs is 1. The smallest absolute Gasteiger partial charge is 0.315 e. The molecule has 0 amide bonds. The zero-order chi connectivity index (χ0) is 17.5. The van der Waals surface area contributed by atoms with Gasteiger partial charge in [0, 0.05) is 18.9 Å². The number of esters is 1. The van der Waals surface area contributed by atoms with Crippen LogP contribution < -0.4 is 4.90 Å². The van der Waals surface area contributed by atoms with Gasteiger partial charge in [0.2, 0.25) is 5.52 Å². The van der Waals surface area contributed by atoms with Gasteiger partial charge in [0.15, 0.2) is 5.52 Å². The van der Waals surface area contributed by atoms with Gasteiger partial charge in [-0.05, 0) is 16.4 Å². The fourth-order valence-corrected chi connectivity index (χ4v) is 2.50. The molecule has 0 radical (unpaired) electrons. The van der Waals surface area contributed by atoms with Crippen LogP contribution >= 0.6 is 11.8 Å². The SMILES string of the molecule is CN(CCOC(=O)CSCCO)c1ccc([N+](=O)[O-])c2nonc12.